The quantitative estimate of drug-likeness (QED) is 0.306. The Labute approximate surface area is 130 Å². The first-order valence-electron chi connectivity index (χ1n) is 4.76. The predicted molar refractivity (Wildman–Crippen MR) is 80.6 cm³/mol. The van der Waals surface area contributed by atoms with Crippen LogP contribution in [0.3, 0.4) is 0 Å². The van der Waals surface area contributed by atoms with E-state index < -0.39 is 0 Å². The molecule has 0 amide bonds. The molecule has 0 bridgehead atoms. The number of allylic oxidation sites excluding steroid dienone is 3. The highest BCUT2D eigenvalue weighted by Gasteiger charge is 2.11. The van der Waals surface area contributed by atoms with Gasteiger partial charge >= 0.3 is 0 Å². The number of carbonyl (C=O) groups excluding carboxylic acids is 1. The van der Waals surface area contributed by atoms with Crippen LogP contribution in [0.5, 0.6) is 0 Å². The molecule has 0 aliphatic heterocycles. The van der Waals surface area contributed by atoms with Crippen LogP contribution < -0.4 is 0 Å². The van der Waals surface area contributed by atoms with Crippen molar-refractivity contribution in [1.29, 1.82) is 0 Å². The van der Waals surface area contributed by atoms with Crippen molar-refractivity contribution < 1.29 is 4.79 Å². The molecule has 0 N–H and O–H groups in total. The van der Waals surface area contributed by atoms with E-state index in [1.165, 1.54) is 11.8 Å². The van der Waals surface area contributed by atoms with Crippen LogP contribution in [0.1, 0.15) is 5.56 Å². The number of aryl methyl sites for hydroxylation is 1. The normalized spacial score (nSPS) is 13.8. The van der Waals surface area contributed by atoms with Crippen LogP contribution in [-0.4, -0.2) is 6.29 Å². The van der Waals surface area contributed by atoms with Crippen molar-refractivity contribution in [1.82, 2.24) is 0 Å². The Bertz CT molecular complexity index is 505. The largest absolute Gasteiger partial charge is 0.297 e. The molecular formula is C12H8Cl4OS. The molecule has 0 aromatic heterocycles. The monoisotopic (exact) mass is 340 g/mol. The number of thioether (sulfide) groups is 1. The van der Waals surface area contributed by atoms with E-state index in [-0.39, 0.29) is 19.5 Å². The lowest BCUT2D eigenvalue weighted by Crippen LogP contribution is -1.83. The lowest BCUT2D eigenvalue weighted by atomic mass is 10.2. The van der Waals surface area contributed by atoms with E-state index in [0.717, 1.165) is 10.5 Å². The Balaban J connectivity index is 2.96. The predicted octanol–water partition coefficient (Wildman–Crippen LogP) is 5.62. The van der Waals surface area contributed by atoms with Gasteiger partial charge in [-0.15, -0.1) is 0 Å². The van der Waals surface area contributed by atoms with Crippen molar-refractivity contribution in [3.63, 3.8) is 0 Å². The van der Waals surface area contributed by atoms with Gasteiger partial charge < -0.3 is 0 Å². The van der Waals surface area contributed by atoms with Gasteiger partial charge in [-0.1, -0.05) is 75.9 Å². The summed E-state index contributed by atoms with van der Waals surface area (Å²) in [5.74, 6) is 0. The van der Waals surface area contributed by atoms with Gasteiger partial charge in [0, 0.05) is 4.90 Å². The smallest absolute Gasteiger partial charge is 0.162 e. The second kappa shape index (κ2) is 7.46. The summed E-state index contributed by atoms with van der Waals surface area (Å²) in [7, 11) is 0. The summed E-state index contributed by atoms with van der Waals surface area (Å²) in [4.78, 5) is 11.4. The average molecular weight is 342 g/mol. The van der Waals surface area contributed by atoms with Crippen molar-refractivity contribution in [2.75, 3.05) is 0 Å². The molecular weight excluding hydrogens is 334 g/mol. The molecule has 0 unspecified atom stereocenters. The fourth-order valence-electron chi connectivity index (χ4n) is 0.997. The van der Waals surface area contributed by atoms with Gasteiger partial charge in [0.2, 0.25) is 0 Å². The van der Waals surface area contributed by atoms with Gasteiger partial charge in [-0.05, 0) is 19.1 Å². The molecule has 96 valence electrons. The number of carbonyl (C=O) groups is 1. The lowest BCUT2D eigenvalue weighted by Gasteiger charge is -2.04. The van der Waals surface area contributed by atoms with Gasteiger partial charge in [0.25, 0.3) is 0 Å². The summed E-state index contributed by atoms with van der Waals surface area (Å²) in [6, 6.07) is 7.73. The number of hydrogen-bond donors (Lipinski definition) is 0. The van der Waals surface area contributed by atoms with Crippen molar-refractivity contribution in [3.05, 3.63) is 49.3 Å². The van der Waals surface area contributed by atoms with Crippen LogP contribution in [0, 0.1) is 6.92 Å². The highest BCUT2D eigenvalue weighted by molar-refractivity contribution is 8.04. The Morgan fingerprint density at radius 1 is 1.06 bits per heavy atom. The van der Waals surface area contributed by atoms with Crippen LogP contribution in [0.25, 0.3) is 0 Å². The number of hydrogen-bond acceptors (Lipinski definition) is 2. The van der Waals surface area contributed by atoms with Crippen molar-refractivity contribution in [3.8, 4) is 0 Å². The van der Waals surface area contributed by atoms with E-state index in [0.29, 0.717) is 6.29 Å². The maximum absolute atomic E-state index is 10.5. The number of benzene rings is 1. The van der Waals surface area contributed by atoms with Crippen LogP contribution in [0.2, 0.25) is 0 Å². The molecule has 0 aliphatic carbocycles. The molecule has 0 heterocycles. The number of halogens is 4. The van der Waals surface area contributed by atoms with E-state index in [4.69, 9.17) is 46.4 Å². The third-order valence-electron chi connectivity index (χ3n) is 1.91. The molecule has 0 fully saturated rings. The van der Waals surface area contributed by atoms with E-state index in [1.54, 1.807) is 0 Å². The summed E-state index contributed by atoms with van der Waals surface area (Å²) in [5, 5.41) is -0.178. The average Bonchev–Trinajstić information content (AvgIpc) is 2.38. The zero-order valence-electron chi connectivity index (χ0n) is 9.22. The number of rotatable bonds is 4. The minimum absolute atomic E-state index is 0.0565. The topological polar surface area (TPSA) is 17.1 Å². The SMILES string of the molecule is Cc1ccc(S/C(Cl)=C(Cl)/C(Cl)=C(/Cl)C=O)cc1. The first-order chi connectivity index (χ1) is 8.45. The Morgan fingerprint density at radius 3 is 2.11 bits per heavy atom. The van der Waals surface area contributed by atoms with Gasteiger partial charge in [0.15, 0.2) is 6.29 Å². The molecule has 0 aliphatic rings. The maximum Gasteiger partial charge on any atom is 0.162 e. The summed E-state index contributed by atoms with van der Waals surface area (Å²) in [5.41, 5.74) is 1.15. The molecule has 1 aromatic carbocycles. The Hall–Kier alpha value is -0.120. The molecule has 1 nitrogen and oxygen atoms in total. The number of aldehydes is 1. The fourth-order valence-corrected chi connectivity index (χ4v) is 2.63. The van der Waals surface area contributed by atoms with Gasteiger partial charge in [0.05, 0.1) is 14.4 Å². The van der Waals surface area contributed by atoms with Gasteiger partial charge in [-0.25, -0.2) is 0 Å². The first kappa shape index (κ1) is 15.9. The van der Waals surface area contributed by atoms with Gasteiger partial charge in [0.1, 0.15) is 5.03 Å². The summed E-state index contributed by atoms with van der Waals surface area (Å²) in [6.07, 6.45) is 0.410. The van der Waals surface area contributed by atoms with Gasteiger partial charge in [-0.2, -0.15) is 0 Å². The summed E-state index contributed by atoms with van der Waals surface area (Å²) in [6.45, 7) is 1.99. The standard InChI is InChI=1S/C12H8Cl4OS/c1-7-2-4-8(5-3-7)18-12(16)11(15)10(14)9(13)6-17/h2-6H,1H3/b10-9-,12-11-. The molecule has 0 spiro atoms. The Morgan fingerprint density at radius 2 is 1.61 bits per heavy atom. The summed E-state index contributed by atoms with van der Waals surface area (Å²) >= 11 is 24.6. The zero-order chi connectivity index (χ0) is 13.7. The molecule has 18 heavy (non-hydrogen) atoms. The lowest BCUT2D eigenvalue weighted by molar-refractivity contribution is -0.104. The van der Waals surface area contributed by atoms with E-state index in [2.05, 4.69) is 0 Å². The first-order valence-corrected chi connectivity index (χ1v) is 7.09. The molecule has 0 atom stereocenters. The van der Waals surface area contributed by atoms with E-state index in [9.17, 15) is 4.79 Å². The molecule has 0 saturated heterocycles. The van der Waals surface area contributed by atoms with Crippen molar-refractivity contribution >= 4 is 64.5 Å². The second-order valence-corrected chi connectivity index (χ2v) is 6.13. The molecule has 6 heteroatoms. The Kier molecular flexibility index (Phi) is 6.61. The minimum Gasteiger partial charge on any atom is -0.297 e. The molecule has 0 radical (unpaired) electrons. The van der Waals surface area contributed by atoms with Gasteiger partial charge in [-0.3, -0.25) is 4.79 Å². The third-order valence-corrected chi connectivity index (χ3v) is 4.67. The van der Waals surface area contributed by atoms with Crippen LogP contribution in [0.15, 0.2) is 48.6 Å². The zero-order valence-corrected chi connectivity index (χ0v) is 13.1. The van der Waals surface area contributed by atoms with E-state index >= 15 is 0 Å². The second-order valence-electron chi connectivity index (χ2n) is 3.28. The molecule has 1 rings (SSSR count). The van der Waals surface area contributed by atoms with Crippen LogP contribution >= 0.6 is 58.2 Å². The third kappa shape index (κ3) is 4.52. The van der Waals surface area contributed by atoms with Crippen LogP contribution in [-0.2, 0) is 4.79 Å². The highest BCUT2D eigenvalue weighted by atomic mass is 35.5. The van der Waals surface area contributed by atoms with Crippen molar-refractivity contribution in [2.24, 2.45) is 0 Å². The molecule has 0 saturated carbocycles. The fraction of sp³-hybridized carbons (Fsp3) is 0.0833. The summed E-state index contributed by atoms with van der Waals surface area (Å²) < 4.78 is 0.255. The maximum atomic E-state index is 10.5. The highest BCUT2D eigenvalue weighted by Crippen LogP contribution is 2.38. The van der Waals surface area contributed by atoms with E-state index in [1.807, 2.05) is 31.2 Å². The molecule has 1 aromatic rings. The van der Waals surface area contributed by atoms with Crippen molar-refractivity contribution in [2.45, 2.75) is 11.8 Å². The minimum atomic E-state index is -0.177. The van der Waals surface area contributed by atoms with Crippen LogP contribution in [0.4, 0.5) is 0 Å².